The minimum absolute atomic E-state index is 0.0284. The first-order valence-corrected chi connectivity index (χ1v) is 6.34. The molecule has 0 unspecified atom stereocenters. The van der Waals surface area contributed by atoms with Gasteiger partial charge in [-0.3, -0.25) is 10.1 Å². The van der Waals surface area contributed by atoms with Crippen LogP contribution >= 0.6 is 11.8 Å². The van der Waals surface area contributed by atoms with Gasteiger partial charge in [-0.1, -0.05) is 0 Å². The summed E-state index contributed by atoms with van der Waals surface area (Å²) in [6.07, 6.45) is 0. The van der Waals surface area contributed by atoms with Gasteiger partial charge in [-0.15, -0.1) is 11.8 Å². The molecule has 0 aliphatic heterocycles. The van der Waals surface area contributed by atoms with Crippen LogP contribution in [0.3, 0.4) is 0 Å². The van der Waals surface area contributed by atoms with E-state index in [0.717, 1.165) is 17.8 Å². The number of thioether (sulfide) groups is 1. The molecule has 8 heteroatoms. The topological polar surface area (TPSA) is 93.6 Å². The predicted octanol–water partition coefficient (Wildman–Crippen LogP) is 3.32. The van der Waals surface area contributed by atoms with Crippen molar-refractivity contribution in [3.8, 4) is 0 Å². The Kier molecular flexibility index (Phi) is 4.04. The van der Waals surface area contributed by atoms with Crippen molar-refractivity contribution in [2.24, 2.45) is 0 Å². The molecule has 0 bridgehead atoms. The van der Waals surface area contributed by atoms with Gasteiger partial charge in [0.05, 0.1) is 17.4 Å². The summed E-state index contributed by atoms with van der Waals surface area (Å²) in [4.78, 5) is 20.7. The standard InChI is InChI=1S/C12H8FNO5S/c13-9-3-1-7(12(15)16)5-10(9)20-6-8-2-4-11(19-8)14(17)18/h1-5H,6H2,(H,15,16). The zero-order chi connectivity index (χ0) is 14.7. The molecule has 1 heterocycles. The summed E-state index contributed by atoms with van der Waals surface area (Å²) >= 11 is 1.00. The molecule has 2 aromatic rings. The number of aromatic carboxylic acids is 1. The molecule has 20 heavy (non-hydrogen) atoms. The number of nitro groups is 1. The van der Waals surface area contributed by atoms with Gasteiger partial charge in [-0.25, -0.2) is 9.18 Å². The third kappa shape index (κ3) is 3.15. The zero-order valence-electron chi connectivity index (χ0n) is 9.91. The smallest absolute Gasteiger partial charge is 0.433 e. The lowest BCUT2D eigenvalue weighted by atomic mass is 10.2. The first-order valence-electron chi connectivity index (χ1n) is 5.36. The summed E-state index contributed by atoms with van der Waals surface area (Å²) in [7, 11) is 0. The quantitative estimate of drug-likeness (QED) is 0.517. The van der Waals surface area contributed by atoms with Crippen molar-refractivity contribution in [2.75, 3.05) is 0 Å². The fraction of sp³-hybridized carbons (Fsp3) is 0.0833. The molecule has 2 rings (SSSR count). The van der Waals surface area contributed by atoms with Crippen LogP contribution in [0.25, 0.3) is 0 Å². The van der Waals surface area contributed by atoms with Crippen LogP contribution in [0.5, 0.6) is 0 Å². The molecule has 0 spiro atoms. The Labute approximate surface area is 116 Å². The summed E-state index contributed by atoms with van der Waals surface area (Å²) < 4.78 is 18.4. The maximum atomic E-state index is 13.5. The number of halogens is 1. The molecule has 0 amide bonds. The van der Waals surface area contributed by atoms with E-state index in [4.69, 9.17) is 9.52 Å². The second-order valence-corrected chi connectivity index (χ2v) is 4.75. The van der Waals surface area contributed by atoms with Crippen LogP contribution in [-0.2, 0) is 5.75 Å². The lowest BCUT2D eigenvalue weighted by molar-refractivity contribution is -0.402. The van der Waals surface area contributed by atoms with E-state index < -0.39 is 16.7 Å². The van der Waals surface area contributed by atoms with Crippen LogP contribution < -0.4 is 0 Å². The number of furan rings is 1. The van der Waals surface area contributed by atoms with Gasteiger partial charge in [-0.05, 0) is 24.3 Å². The minimum atomic E-state index is -1.15. The van der Waals surface area contributed by atoms with Gasteiger partial charge < -0.3 is 9.52 Å². The second-order valence-electron chi connectivity index (χ2n) is 3.74. The minimum Gasteiger partial charge on any atom is -0.478 e. The number of rotatable bonds is 5. The van der Waals surface area contributed by atoms with Crippen LogP contribution in [0, 0.1) is 15.9 Å². The number of nitrogens with zero attached hydrogens (tertiary/aromatic N) is 1. The van der Waals surface area contributed by atoms with Crippen molar-refractivity contribution < 1.29 is 23.6 Å². The van der Waals surface area contributed by atoms with E-state index >= 15 is 0 Å². The molecule has 0 atom stereocenters. The Bertz CT molecular complexity index is 670. The van der Waals surface area contributed by atoms with Gasteiger partial charge in [0.2, 0.25) is 0 Å². The first-order chi connectivity index (χ1) is 9.47. The normalized spacial score (nSPS) is 10.4. The molecule has 1 aromatic heterocycles. The summed E-state index contributed by atoms with van der Waals surface area (Å²) in [5.74, 6) is -1.63. The number of benzene rings is 1. The van der Waals surface area contributed by atoms with E-state index in [9.17, 15) is 19.3 Å². The third-order valence-corrected chi connectivity index (χ3v) is 3.43. The van der Waals surface area contributed by atoms with Crippen LogP contribution in [0.1, 0.15) is 16.1 Å². The highest BCUT2D eigenvalue weighted by Crippen LogP contribution is 2.28. The second kappa shape index (κ2) is 5.74. The molecular weight excluding hydrogens is 289 g/mol. The molecule has 0 aliphatic carbocycles. The van der Waals surface area contributed by atoms with Gasteiger partial charge in [0.1, 0.15) is 16.5 Å². The van der Waals surface area contributed by atoms with Gasteiger partial charge in [0, 0.05) is 4.90 Å². The monoisotopic (exact) mass is 297 g/mol. The molecule has 0 saturated heterocycles. The maximum Gasteiger partial charge on any atom is 0.433 e. The number of carboxylic acid groups (broad SMARTS) is 1. The van der Waals surface area contributed by atoms with Crippen molar-refractivity contribution in [1.29, 1.82) is 0 Å². The predicted molar refractivity (Wildman–Crippen MR) is 68.3 cm³/mol. The Morgan fingerprint density at radius 2 is 2.15 bits per heavy atom. The van der Waals surface area contributed by atoms with Crippen molar-refractivity contribution >= 4 is 23.6 Å². The fourth-order valence-electron chi connectivity index (χ4n) is 1.44. The molecule has 1 N–H and O–H groups in total. The largest absolute Gasteiger partial charge is 0.478 e. The summed E-state index contributed by atoms with van der Waals surface area (Å²) in [5.41, 5.74) is -0.0284. The van der Waals surface area contributed by atoms with Crippen molar-refractivity contribution in [1.82, 2.24) is 0 Å². The third-order valence-electron chi connectivity index (χ3n) is 2.38. The Hall–Kier alpha value is -2.35. The van der Waals surface area contributed by atoms with Crippen molar-refractivity contribution in [2.45, 2.75) is 10.6 Å². The molecule has 0 radical (unpaired) electrons. The van der Waals surface area contributed by atoms with Crippen LogP contribution in [0.2, 0.25) is 0 Å². The van der Waals surface area contributed by atoms with Crippen LogP contribution in [0.4, 0.5) is 10.3 Å². The number of hydrogen-bond donors (Lipinski definition) is 1. The van der Waals surface area contributed by atoms with E-state index in [2.05, 4.69) is 0 Å². The van der Waals surface area contributed by atoms with Crippen LogP contribution in [0.15, 0.2) is 39.6 Å². The van der Waals surface area contributed by atoms with E-state index in [1.807, 2.05) is 0 Å². The molecule has 0 saturated carbocycles. The highest BCUT2D eigenvalue weighted by Gasteiger charge is 2.13. The molecule has 0 aliphatic rings. The Balaban J connectivity index is 2.11. The maximum absolute atomic E-state index is 13.5. The van der Waals surface area contributed by atoms with Crippen molar-refractivity contribution in [3.05, 3.63) is 57.6 Å². The first kappa shape index (κ1) is 14.1. The molecule has 104 valence electrons. The zero-order valence-corrected chi connectivity index (χ0v) is 10.7. The SMILES string of the molecule is O=C(O)c1ccc(F)c(SCc2ccc([N+](=O)[O-])o2)c1. The Morgan fingerprint density at radius 3 is 2.75 bits per heavy atom. The van der Waals surface area contributed by atoms with E-state index in [1.54, 1.807) is 0 Å². The highest BCUT2D eigenvalue weighted by molar-refractivity contribution is 7.98. The number of carboxylic acids is 1. The van der Waals surface area contributed by atoms with Gasteiger partial charge in [-0.2, -0.15) is 0 Å². The van der Waals surface area contributed by atoms with E-state index in [0.29, 0.717) is 5.76 Å². The lowest BCUT2D eigenvalue weighted by Crippen LogP contribution is -1.97. The average molecular weight is 297 g/mol. The molecule has 0 fully saturated rings. The molecule has 1 aromatic carbocycles. The number of hydrogen-bond acceptors (Lipinski definition) is 5. The van der Waals surface area contributed by atoms with E-state index in [1.165, 1.54) is 24.3 Å². The average Bonchev–Trinajstić information content (AvgIpc) is 2.86. The summed E-state index contributed by atoms with van der Waals surface area (Å²) in [5, 5.41) is 19.3. The van der Waals surface area contributed by atoms with Gasteiger partial charge >= 0.3 is 11.9 Å². The van der Waals surface area contributed by atoms with Gasteiger partial charge in [0.25, 0.3) is 0 Å². The fourth-order valence-corrected chi connectivity index (χ4v) is 2.31. The van der Waals surface area contributed by atoms with E-state index in [-0.39, 0.29) is 22.1 Å². The van der Waals surface area contributed by atoms with Gasteiger partial charge in [0.15, 0.2) is 0 Å². The van der Waals surface area contributed by atoms with Crippen LogP contribution in [-0.4, -0.2) is 16.0 Å². The summed E-state index contributed by atoms with van der Waals surface area (Å²) in [6.45, 7) is 0. The number of carbonyl (C=O) groups is 1. The lowest BCUT2D eigenvalue weighted by Gasteiger charge is -2.03. The highest BCUT2D eigenvalue weighted by atomic mass is 32.2. The Morgan fingerprint density at radius 1 is 1.40 bits per heavy atom. The van der Waals surface area contributed by atoms with Crippen molar-refractivity contribution in [3.63, 3.8) is 0 Å². The summed E-state index contributed by atoms with van der Waals surface area (Å²) in [6, 6.07) is 6.07. The molecular formula is C12H8FNO5S. The molecule has 6 nitrogen and oxygen atoms in total.